The average molecular weight is 278 g/mol. The van der Waals surface area contributed by atoms with Gasteiger partial charge in [-0.15, -0.1) is 15.3 Å². The lowest BCUT2D eigenvalue weighted by molar-refractivity contribution is 0.473. The predicted octanol–water partition coefficient (Wildman–Crippen LogP) is 1.92. The van der Waals surface area contributed by atoms with Crippen molar-refractivity contribution in [2.45, 2.75) is 6.54 Å². The Morgan fingerprint density at radius 3 is 2.76 bits per heavy atom. The Labute approximate surface area is 119 Å². The Balaban J connectivity index is 1.65. The molecule has 102 valence electrons. The second kappa shape index (κ2) is 4.78. The number of pyridine rings is 1. The van der Waals surface area contributed by atoms with Crippen LogP contribution in [-0.4, -0.2) is 30.2 Å². The number of rotatable bonds is 3. The van der Waals surface area contributed by atoms with E-state index in [9.17, 15) is 0 Å². The van der Waals surface area contributed by atoms with Gasteiger partial charge < -0.3 is 4.42 Å². The molecule has 7 heteroatoms. The van der Waals surface area contributed by atoms with Gasteiger partial charge in [0.2, 0.25) is 5.89 Å². The van der Waals surface area contributed by atoms with Crippen LogP contribution in [0.1, 0.15) is 5.89 Å². The molecule has 0 spiro atoms. The summed E-state index contributed by atoms with van der Waals surface area (Å²) in [7, 11) is 0. The molecule has 0 saturated heterocycles. The van der Waals surface area contributed by atoms with Gasteiger partial charge in [-0.25, -0.2) is 4.68 Å². The minimum absolute atomic E-state index is 0.375. The fourth-order valence-electron chi connectivity index (χ4n) is 2.07. The van der Waals surface area contributed by atoms with E-state index < -0.39 is 0 Å². The van der Waals surface area contributed by atoms with Crippen LogP contribution < -0.4 is 0 Å². The maximum atomic E-state index is 5.62. The zero-order valence-corrected chi connectivity index (χ0v) is 10.9. The number of para-hydroxylation sites is 1. The van der Waals surface area contributed by atoms with E-state index in [0.717, 1.165) is 11.0 Å². The third-order valence-corrected chi connectivity index (χ3v) is 3.06. The number of hydrogen-bond acceptors (Lipinski definition) is 6. The molecule has 3 heterocycles. The number of fused-ring (bicyclic) bond motifs is 1. The highest BCUT2D eigenvalue weighted by molar-refractivity contribution is 5.73. The van der Waals surface area contributed by atoms with Crippen LogP contribution in [0.15, 0.2) is 53.1 Å². The van der Waals surface area contributed by atoms with Crippen molar-refractivity contribution in [3.05, 3.63) is 54.6 Å². The highest BCUT2D eigenvalue weighted by Crippen LogP contribution is 2.16. The van der Waals surface area contributed by atoms with Crippen LogP contribution in [0.25, 0.3) is 22.6 Å². The molecular weight excluding hydrogens is 268 g/mol. The summed E-state index contributed by atoms with van der Waals surface area (Å²) in [6, 6.07) is 13.3. The van der Waals surface area contributed by atoms with Crippen LogP contribution in [0.5, 0.6) is 0 Å². The van der Waals surface area contributed by atoms with Crippen LogP contribution in [0.4, 0.5) is 0 Å². The number of nitrogens with zero attached hydrogens (tertiary/aromatic N) is 6. The van der Waals surface area contributed by atoms with Gasteiger partial charge in [-0.2, -0.15) is 0 Å². The van der Waals surface area contributed by atoms with Gasteiger partial charge in [-0.1, -0.05) is 23.4 Å². The minimum atomic E-state index is 0.375. The summed E-state index contributed by atoms with van der Waals surface area (Å²) in [6.07, 6.45) is 1.68. The third kappa shape index (κ3) is 2.14. The monoisotopic (exact) mass is 278 g/mol. The Kier molecular flexibility index (Phi) is 2.67. The maximum absolute atomic E-state index is 5.62. The first-order chi connectivity index (χ1) is 10.4. The fraction of sp³-hybridized carbons (Fsp3) is 0.0714. The topological polar surface area (TPSA) is 82.5 Å². The fourth-order valence-corrected chi connectivity index (χ4v) is 2.07. The molecule has 0 fully saturated rings. The molecule has 0 radical (unpaired) electrons. The highest BCUT2D eigenvalue weighted by atomic mass is 16.4. The van der Waals surface area contributed by atoms with Crippen molar-refractivity contribution in [1.29, 1.82) is 0 Å². The van der Waals surface area contributed by atoms with Gasteiger partial charge in [0.25, 0.3) is 5.89 Å². The maximum Gasteiger partial charge on any atom is 0.266 e. The number of benzene rings is 1. The molecule has 0 atom stereocenters. The van der Waals surface area contributed by atoms with Crippen molar-refractivity contribution >= 4 is 11.0 Å². The molecule has 0 saturated carbocycles. The summed E-state index contributed by atoms with van der Waals surface area (Å²) in [4.78, 5) is 4.18. The van der Waals surface area contributed by atoms with Crippen LogP contribution in [0.3, 0.4) is 0 Å². The second-order valence-corrected chi connectivity index (χ2v) is 4.45. The molecule has 0 unspecified atom stereocenters. The summed E-state index contributed by atoms with van der Waals surface area (Å²) in [5.41, 5.74) is 2.41. The zero-order chi connectivity index (χ0) is 14.1. The van der Waals surface area contributed by atoms with Crippen molar-refractivity contribution in [2.24, 2.45) is 0 Å². The Morgan fingerprint density at radius 2 is 1.86 bits per heavy atom. The van der Waals surface area contributed by atoms with Gasteiger partial charge in [0.05, 0.1) is 5.52 Å². The molecule has 21 heavy (non-hydrogen) atoms. The SMILES string of the molecule is c1ccc(-c2nnc(Cn3nnc4ccccc43)o2)nc1. The molecule has 4 aromatic rings. The van der Waals surface area contributed by atoms with Gasteiger partial charge in [0.15, 0.2) is 0 Å². The largest absolute Gasteiger partial charge is 0.417 e. The molecule has 0 amide bonds. The molecule has 0 aliphatic carbocycles. The Bertz CT molecular complexity index is 883. The first kappa shape index (κ1) is 11.7. The zero-order valence-electron chi connectivity index (χ0n) is 10.9. The summed E-state index contributed by atoms with van der Waals surface area (Å²) in [5, 5.41) is 16.2. The van der Waals surface area contributed by atoms with E-state index in [1.807, 2.05) is 42.5 Å². The molecular formula is C14H10N6O. The van der Waals surface area contributed by atoms with E-state index >= 15 is 0 Å². The van der Waals surface area contributed by atoms with E-state index in [2.05, 4.69) is 25.5 Å². The van der Waals surface area contributed by atoms with E-state index in [1.165, 1.54) is 0 Å². The lowest BCUT2D eigenvalue weighted by atomic mass is 10.3. The second-order valence-electron chi connectivity index (χ2n) is 4.45. The van der Waals surface area contributed by atoms with Gasteiger partial charge in [0.1, 0.15) is 17.8 Å². The van der Waals surface area contributed by atoms with Gasteiger partial charge in [-0.3, -0.25) is 4.98 Å². The summed E-state index contributed by atoms with van der Waals surface area (Å²) in [5.74, 6) is 0.862. The molecule has 1 aromatic carbocycles. The number of aromatic nitrogens is 6. The predicted molar refractivity (Wildman–Crippen MR) is 74.2 cm³/mol. The summed E-state index contributed by atoms with van der Waals surface area (Å²) < 4.78 is 7.35. The molecule has 0 N–H and O–H groups in total. The summed E-state index contributed by atoms with van der Waals surface area (Å²) in [6.45, 7) is 0.375. The van der Waals surface area contributed by atoms with Gasteiger partial charge in [0, 0.05) is 6.20 Å². The lowest BCUT2D eigenvalue weighted by Crippen LogP contribution is -2.02. The minimum Gasteiger partial charge on any atom is -0.417 e. The van der Waals surface area contributed by atoms with Crippen molar-refractivity contribution in [3.63, 3.8) is 0 Å². The smallest absolute Gasteiger partial charge is 0.266 e. The molecule has 0 aliphatic heterocycles. The third-order valence-electron chi connectivity index (χ3n) is 3.06. The molecule has 4 rings (SSSR count). The molecule has 3 aromatic heterocycles. The van der Waals surface area contributed by atoms with E-state index in [4.69, 9.17) is 4.42 Å². The standard InChI is InChI=1S/C14H10N6O/c1-2-7-12-10(5-1)16-19-20(12)9-13-17-18-14(21-13)11-6-3-4-8-15-11/h1-8H,9H2. The molecule has 0 aliphatic rings. The number of hydrogen-bond donors (Lipinski definition) is 0. The van der Waals surface area contributed by atoms with Gasteiger partial charge >= 0.3 is 0 Å². The Morgan fingerprint density at radius 1 is 0.952 bits per heavy atom. The summed E-state index contributed by atoms with van der Waals surface area (Å²) >= 11 is 0. The average Bonchev–Trinajstić information content (AvgIpc) is 3.17. The van der Waals surface area contributed by atoms with E-state index in [1.54, 1.807) is 10.9 Å². The highest BCUT2D eigenvalue weighted by Gasteiger charge is 2.11. The first-order valence-corrected chi connectivity index (χ1v) is 6.42. The van der Waals surface area contributed by atoms with Crippen LogP contribution in [0, 0.1) is 0 Å². The van der Waals surface area contributed by atoms with Crippen molar-refractivity contribution < 1.29 is 4.42 Å². The van der Waals surface area contributed by atoms with Crippen LogP contribution in [0.2, 0.25) is 0 Å². The normalized spacial score (nSPS) is 11.0. The lowest BCUT2D eigenvalue weighted by Gasteiger charge is -1.97. The Hall–Kier alpha value is -3.09. The van der Waals surface area contributed by atoms with Crippen LogP contribution in [-0.2, 0) is 6.54 Å². The molecule has 7 nitrogen and oxygen atoms in total. The molecule has 0 bridgehead atoms. The van der Waals surface area contributed by atoms with Gasteiger partial charge in [-0.05, 0) is 24.3 Å². The first-order valence-electron chi connectivity index (χ1n) is 6.42. The van der Waals surface area contributed by atoms with Crippen molar-refractivity contribution in [1.82, 2.24) is 30.2 Å². The van der Waals surface area contributed by atoms with E-state index in [0.29, 0.717) is 24.0 Å². The van der Waals surface area contributed by atoms with E-state index in [-0.39, 0.29) is 0 Å². The van der Waals surface area contributed by atoms with Crippen LogP contribution >= 0.6 is 0 Å². The van der Waals surface area contributed by atoms with Crippen molar-refractivity contribution in [2.75, 3.05) is 0 Å². The quantitative estimate of drug-likeness (QED) is 0.569. The van der Waals surface area contributed by atoms with Crippen molar-refractivity contribution in [3.8, 4) is 11.6 Å².